The molecule has 26 heavy (non-hydrogen) atoms. The van der Waals surface area contributed by atoms with Crippen LogP contribution in [0.3, 0.4) is 0 Å². The number of carbonyl (C=O) groups is 1. The summed E-state index contributed by atoms with van der Waals surface area (Å²) in [7, 11) is 5.21. The number of aromatic nitrogens is 2. The molecule has 0 aliphatic carbocycles. The number of hydrogen-bond acceptors (Lipinski definition) is 7. The molecule has 0 radical (unpaired) electrons. The van der Waals surface area contributed by atoms with Crippen LogP contribution in [0, 0.1) is 0 Å². The summed E-state index contributed by atoms with van der Waals surface area (Å²) >= 11 is 0. The molecule has 8 heteroatoms. The number of hydrogen-bond donors (Lipinski definition) is 1. The predicted octanol–water partition coefficient (Wildman–Crippen LogP) is 1.50. The maximum absolute atomic E-state index is 12.4. The normalized spacial score (nSPS) is 14.8. The Morgan fingerprint density at radius 1 is 1.00 bits per heavy atom. The van der Waals surface area contributed by atoms with Crippen molar-refractivity contribution in [1.82, 2.24) is 15.1 Å². The molecule has 1 aromatic carbocycles. The molecule has 8 nitrogen and oxygen atoms in total. The van der Waals surface area contributed by atoms with Crippen molar-refractivity contribution in [3.05, 3.63) is 36.0 Å². The quantitative estimate of drug-likeness (QED) is 0.868. The van der Waals surface area contributed by atoms with Crippen LogP contribution in [-0.2, 0) is 0 Å². The second kappa shape index (κ2) is 8.01. The molecule has 1 aromatic heterocycles. The molecule has 2 heterocycles. The Morgan fingerprint density at radius 3 is 2.35 bits per heavy atom. The van der Waals surface area contributed by atoms with Gasteiger partial charge in [-0.3, -0.25) is 4.79 Å². The standard InChI is InChI=1S/C18H23N5O3/c1-22-8-10-23(11-9-22)17-7-5-14(20-21-17)18(24)19-13-4-6-15(25-2)16(12-13)26-3/h4-7,12H,8-11H2,1-3H3,(H,19,24). The van der Waals surface area contributed by atoms with Gasteiger partial charge in [-0.15, -0.1) is 10.2 Å². The average Bonchev–Trinajstić information content (AvgIpc) is 2.68. The highest BCUT2D eigenvalue weighted by Crippen LogP contribution is 2.29. The van der Waals surface area contributed by atoms with Crippen LogP contribution in [-0.4, -0.2) is 68.5 Å². The van der Waals surface area contributed by atoms with Gasteiger partial charge in [0.25, 0.3) is 5.91 Å². The van der Waals surface area contributed by atoms with Gasteiger partial charge in [0.05, 0.1) is 14.2 Å². The Kier molecular flexibility index (Phi) is 5.52. The van der Waals surface area contributed by atoms with Crippen molar-refractivity contribution < 1.29 is 14.3 Å². The Balaban J connectivity index is 1.66. The number of amides is 1. The minimum atomic E-state index is -0.324. The number of methoxy groups -OCH3 is 2. The third-order valence-corrected chi connectivity index (χ3v) is 4.35. The molecular weight excluding hydrogens is 334 g/mol. The fourth-order valence-electron chi connectivity index (χ4n) is 2.76. The maximum atomic E-state index is 12.4. The molecular formula is C18H23N5O3. The minimum absolute atomic E-state index is 0.262. The third kappa shape index (κ3) is 4.02. The summed E-state index contributed by atoms with van der Waals surface area (Å²) in [6, 6.07) is 8.70. The smallest absolute Gasteiger partial charge is 0.276 e. The fraction of sp³-hybridized carbons (Fsp3) is 0.389. The summed E-state index contributed by atoms with van der Waals surface area (Å²) in [6.07, 6.45) is 0. The van der Waals surface area contributed by atoms with Crippen LogP contribution in [0.5, 0.6) is 11.5 Å². The van der Waals surface area contributed by atoms with Crippen molar-refractivity contribution in [2.75, 3.05) is 57.7 Å². The van der Waals surface area contributed by atoms with Crippen molar-refractivity contribution in [1.29, 1.82) is 0 Å². The van der Waals surface area contributed by atoms with E-state index in [1.807, 2.05) is 6.07 Å². The molecule has 1 aliphatic heterocycles. The van der Waals surface area contributed by atoms with E-state index in [0.29, 0.717) is 17.2 Å². The zero-order valence-electron chi connectivity index (χ0n) is 15.2. The molecule has 138 valence electrons. The zero-order valence-corrected chi connectivity index (χ0v) is 15.2. The van der Waals surface area contributed by atoms with E-state index in [1.54, 1.807) is 38.5 Å². The Hall–Kier alpha value is -2.87. The summed E-state index contributed by atoms with van der Waals surface area (Å²) in [5, 5.41) is 11.1. The monoisotopic (exact) mass is 357 g/mol. The SMILES string of the molecule is COc1ccc(NC(=O)c2ccc(N3CCN(C)CC3)nn2)cc1OC. The molecule has 2 aromatic rings. The van der Waals surface area contributed by atoms with E-state index in [-0.39, 0.29) is 11.6 Å². The lowest BCUT2D eigenvalue weighted by Gasteiger charge is -2.32. The molecule has 0 atom stereocenters. The number of benzene rings is 1. The van der Waals surface area contributed by atoms with Crippen LogP contribution >= 0.6 is 0 Å². The van der Waals surface area contributed by atoms with E-state index in [0.717, 1.165) is 32.0 Å². The number of rotatable bonds is 5. The lowest BCUT2D eigenvalue weighted by molar-refractivity contribution is 0.102. The maximum Gasteiger partial charge on any atom is 0.276 e. The number of likely N-dealkylation sites (N-methyl/N-ethyl adjacent to an activating group) is 1. The van der Waals surface area contributed by atoms with Crippen molar-refractivity contribution >= 4 is 17.4 Å². The van der Waals surface area contributed by atoms with Gasteiger partial charge in [-0.25, -0.2) is 0 Å². The van der Waals surface area contributed by atoms with Gasteiger partial charge in [-0.1, -0.05) is 0 Å². The van der Waals surface area contributed by atoms with Gasteiger partial charge >= 0.3 is 0 Å². The Morgan fingerprint density at radius 2 is 1.73 bits per heavy atom. The number of piperazine rings is 1. The van der Waals surface area contributed by atoms with Crippen molar-refractivity contribution in [2.45, 2.75) is 0 Å². The molecule has 0 spiro atoms. The molecule has 1 amide bonds. The van der Waals surface area contributed by atoms with E-state index >= 15 is 0 Å². The lowest BCUT2D eigenvalue weighted by Crippen LogP contribution is -2.44. The number of carbonyl (C=O) groups excluding carboxylic acids is 1. The average molecular weight is 357 g/mol. The van der Waals surface area contributed by atoms with E-state index in [1.165, 1.54) is 0 Å². The van der Waals surface area contributed by atoms with E-state index in [4.69, 9.17) is 9.47 Å². The Labute approximate surface area is 152 Å². The minimum Gasteiger partial charge on any atom is -0.493 e. The zero-order chi connectivity index (χ0) is 18.5. The van der Waals surface area contributed by atoms with E-state index < -0.39 is 0 Å². The molecule has 1 N–H and O–H groups in total. The lowest BCUT2D eigenvalue weighted by atomic mass is 10.2. The fourth-order valence-corrected chi connectivity index (χ4v) is 2.76. The molecule has 1 fully saturated rings. The first-order valence-electron chi connectivity index (χ1n) is 8.41. The Bertz CT molecular complexity index is 758. The van der Waals surface area contributed by atoms with Gasteiger partial charge in [0.15, 0.2) is 23.0 Å². The highest BCUT2D eigenvalue weighted by molar-refractivity contribution is 6.02. The predicted molar refractivity (Wildman–Crippen MR) is 99.2 cm³/mol. The van der Waals surface area contributed by atoms with Crippen molar-refractivity contribution in [3.8, 4) is 11.5 Å². The first-order chi connectivity index (χ1) is 12.6. The number of ether oxygens (including phenoxy) is 2. The highest BCUT2D eigenvalue weighted by Gasteiger charge is 2.17. The van der Waals surface area contributed by atoms with Crippen LogP contribution in [0.1, 0.15) is 10.5 Å². The summed E-state index contributed by atoms with van der Waals surface area (Å²) in [5.74, 6) is 1.61. The van der Waals surface area contributed by atoms with Crippen LogP contribution in [0.4, 0.5) is 11.5 Å². The topological polar surface area (TPSA) is 79.8 Å². The summed E-state index contributed by atoms with van der Waals surface area (Å²) < 4.78 is 10.4. The first-order valence-corrected chi connectivity index (χ1v) is 8.41. The first kappa shape index (κ1) is 17.9. The van der Waals surface area contributed by atoms with Crippen LogP contribution in [0.2, 0.25) is 0 Å². The summed E-state index contributed by atoms with van der Waals surface area (Å²) in [4.78, 5) is 16.8. The molecule has 0 bridgehead atoms. The third-order valence-electron chi connectivity index (χ3n) is 4.35. The highest BCUT2D eigenvalue weighted by atomic mass is 16.5. The largest absolute Gasteiger partial charge is 0.493 e. The number of nitrogens with zero attached hydrogens (tertiary/aromatic N) is 4. The second-order valence-corrected chi connectivity index (χ2v) is 6.09. The second-order valence-electron chi connectivity index (χ2n) is 6.09. The van der Waals surface area contributed by atoms with Crippen LogP contribution < -0.4 is 19.7 Å². The van der Waals surface area contributed by atoms with Gasteiger partial charge in [-0.2, -0.15) is 0 Å². The molecule has 3 rings (SSSR count). The van der Waals surface area contributed by atoms with Crippen molar-refractivity contribution in [3.63, 3.8) is 0 Å². The molecule has 1 saturated heterocycles. The molecule has 1 aliphatic rings. The van der Waals surface area contributed by atoms with Gasteiger partial charge in [0.2, 0.25) is 0 Å². The molecule has 0 unspecified atom stereocenters. The van der Waals surface area contributed by atoms with Gasteiger partial charge in [-0.05, 0) is 31.3 Å². The summed E-state index contributed by atoms with van der Waals surface area (Å²) in [6.45, 7) is 3.79. The van der Waals surface area contributed by atoms with Gasteiger partial charge < -0.3 is 24.6 Å². The number of nitrogens with one attached hydrogen (secondary N) is 1. The van der Waals surface area contributed by atoms with Gasteiger partial charge in [0.1, 0.15) is 0 Å². The number of anilines is 2. The van der Waals surface area contributed by atoms with Crippen LogP contribution in [0.25, 0.3) is 0 Å². The van der Waals surface area contributed by atoms with Crippen molar-refractivity contribution in [2.24, 2.45) is 0 Å². The van der Waals surface area contributed by atoms with E-state index in [2.05, 4.69) is 32.4 Å². The molecule has 0 saturated carbocycles. The van der Waals surface area contributed by atoms with Gasteiger partial charge in [0, 0.05) is 37.9 Å². The van der Waals surface area contributed by atoms with Crippen LogP contribution in [0.15, 0.2) is 30.3 Å². The van der Waals surface area contributed by atoms with E-state index in [9.17, 15) is 4.79 Å². The summed E-state index contributed by atoms with van der Waals surface area (Å²) in [5.41, 5.74) is 0.857.